The van der Waals surface area contributed by atoms with Gasteiger partial charge in [0, 0.05) is 35.4 Å². The zero-order chi connectivity index (χ0) is 44.6. The minimum absolute atomic E-state index is 0.0665. The van der Waals surface area contributed by atoms with Gasteiger partial charge in [-0.3, -0.25) is 19.2 Å². The number of alkyl carbamates (subject to hydrolysis) is 1. The van der Waals surface area contributed by atoms with Crippen LogP contribution in [0.25, 0.3) is 0 Å². The van der Waals surface area contributed by atoms with Crippen molar-refractivity contribution in [3.63, 3.8) is 0 Å². The summed E-state index contributed by atoms with van der Waals surface area (Å²) in [6, 6.07) is 4.14. The Balaban J connectivity index is 1.94. The maximum Gasteiger partial charge on any atom is 0.407 e. The highest BCUT2D eigenvalue weighted by Gasteiger charge is 2.32. The van der Waals surface area contributed by atoms with E-state index in [4.69, 9.17) is 14.2 Å². The molecule has 0 spiro atoms. The summed E-state index contributed by atoms with van der Waals surface area (Å²) in [6.45, 7) is 17.8. The topological polar surface area (TPSA) is 207 Å². The second kappa shape index (κ2) is 23.7. The molecule has 1 aromatic carbocycles. The number of rotatable bonds is 19. The van der Waals surface area contributed by atoms with Gasteiger partial charge in [0.15, 0.2) is 5.78 Å². The third-order valence-electron chi connectivity index (χ3n) is 9.21. The predicted molar refractivity (Wildman–Crippen MR) is 232 cm³/mol. The molecule has 0 aromatic heterocycles. The number of Topliss-reactive ketones (excluding diaryl/α,β-unsaturated/α-hetero) is 1. The number of ether oxygens (including phenoxy) is 3. The third-order valence-corrected chi connectivity index (χ3v) is 9.93. The number of carbonyl (C=O) groups is 7. The summed E-state index contributed by atoms with van der Waals surface area (Å²) in [5.74, 6) is -2.07. The zero-order valence-electron chi connectivity index (χ0n) is 36.6. The van der Waals surface area contributed by atoms with Gasteiger partial charge in [-0.1, -0.05) is 12.1 Å². The van der Waals surface area contributed by atoms with Gasteiger partial charge in [-0.2, -0.15) is 0 Å². The van der Waals surface area contributed by atoms with E-state index in [2.05, 4.69) is 49.2 Å². The summed E-state index contributed by atoms with van der Waals surface area (Å²) in [6.07, 6.45) is 3.67. The van der Waals surface area contributed by atoms with Crippen LogP contribution in [0.15, 0.2) is 24.3 Å². The second-order valence-electron chi connectivity index (χ2n) is 18.3. The Morgan fingerprint density at radius 2 is 1.27 bits per heavy atom. The molecular formula is C43H68IN5O10. The lowest BCUT2D eigenvalue weighted by atomic mass is 9.81. The maximum absolute atomic E-state index is 13.5. The third kappa shape index (κ3) is 22.3. The normalized spacial score (nSPS) is 17.3. The lowest BCUT2D eigenvalue weighted by molar-refractivity contribution is -0.158. The summed E-state index contributed by atoms with van der Waals surface area (Å²) in [5, 5.41) is 13.9. The molecule has 1 aliphatic carbocycles. The monoisotopic (exact) mass is 941 g/mol. The largest absolute Gasteiger partial charge is 0.460 e. The van der Waals surface area contributed by atoms with Crippen LogP contribution in [0.3, 0.4) is 0 Å². The summed E-state index contributed by atoms with van der Waals surface area (Å²) < 4.78 is 17.2. The van der Waals surface area contributed by atoms with E-state index in [0.29, 0.717) is 38.6 Å². The van der Waals surface area contributed by atoms with Crippen LogP contribution in [0, 0.1) is 15.4 Å². The first kappa shape index (κ1) is 51.2. The fraction of sp³-hybridized carbons (Fsp3) is 0.698. The first-order valence-corrected chi connectivity index (χ1v) is 21.7. The van der Waals surface area contributed by atoms with Gasteiger partial charge < -0.3 is 40.8 Å². The number of benzene rings is 1. The number of esters is 2. The highest BCUT2D eigenvalue weighted by atomic mass is 127. The number of nitrogens with one attached hydrogen (secondary N) is 5. The van der Waals surface area contributed by atoms with Crippen LogP contribution in [0.1, 0.15) is 133 Å². The molecule has 3 atom stereocenters. The smallest absolute Gasteiger partial charge is 0.407 e. The van der Waals surface area contributed by atoms with Crippen LogP contribution >= 0.6 is 22.6 Å². The van der Waals surface area contributed by atoms with Crippen molar-refractivity contribution >= 4 is 64.3 Å². The van der Waals surface area contributed by atoms with E-state index in [0.717, 1.165) is 22.0 Å². The van der Waals surface area contributed by atoms with Crippen LogP contribution < -0.4 is 26.6 Å². The number of hydrogen-bond donors (Lipinski definition) is 5. The van der Waals surface area contributed by atoms with E-state index in [9.17, 15) is 33.6 Å². The number of urea groups is 1. The zero-order valence-corrected chi connectivity index (χ0v) is 38.8. The van der Waals surface area contributed by atoms with Crippen molar-refractivity contribution in [3.05, 3.63) is 33.4 Å². The average Bonchev–Trinajstić information content (AvgIpc) is 3.10. The molecule has 1 fully saturated rings. The first-order valence-electron chi connectivity index (χ1n) is 20.6. The Morgan fingerprint density at radius 1 is 0.695 bits per heavy atom. The van der Waals surface area contributed by atoms with Crippen molar-refractivity contribution in [3.8, 4) is 0 Å². The van der Waals surface area contributed by atoms with Gasteiger partial charge in [0.2, 0.25) is 11.8 Å². The fourth-order valence-corrected chi connectivity index (χ4v) is 6.71. The Labute approximate surface area is 363 Å². The Morgan fingerprint density at radius 3 is 1.83 bits per heavy atom. The molecule has 1 aliphatic rings. The SMILES string of the molecule is CC(=O)[C@H](CCCCNC(=O)[C@H](Cc1ccc(I)cc1)NC(=O)C1CCC(CNC(=O)OC(C)(C)C)CC1)NC(=O)N[C@@H](CCC(=O)OC(C)(C)C)C(=O)OC(C)(C)C. The van der Waals surface area contributed by atoms with Crippen molar-refractivity contribution < 1.29 is 47.8 Å². The van der Waals surface area contributed by atoms with E-state index in [-0.39, 0.29) is 55.2 Å². The summed E-state index contributed by atoms with van der Waals surface area (Å²) in [5.41, 5.74) is -1.24. The number of amides is 5. The second-order valence-corrected chi connectivity index (χ2v) is 19.5. The minimum Gasteiger partial charge on any atom is -0.460 e. The van der Waals surface area contributed by atoms with Crippen molar-refractivity contribution in [1.82, 2.24) is 26.6 Å². The van der Waals surface area contributed by atoms with Crippen LogP contribution in [-0.2, 0) is 44.6 Å². The van der Waals surface area contributed by atoms with Gasteiger partial charge in [-0.25, -0.2) is 14.4 Å². The molecule has 0 unspecified atom stereocenters. The van der Waals surface area contributed by atoms with Crippen molar-refractivity contribution in [2.75, 3.05) is 13.1 Å². The van der Waals surface area contributed by atoms with Gasteiger partial charge in [-0.05, 0) is 167 Å². The molecule has 5 amide bonds. The molecule has 0 heterocycles. The first-order chi connectivity index (χ1) is 27.3. The lowest BCUT2D eigenvalue weighted by Crippen LogP contribution is -2.52. The molecule has 0 bridgehead atoms. The van der Waals surface area contributed by atoms with E-state index in [1.165, 1.54) is 6.92 Å². The lowest BCUT2D eigenvalue weighted by Gasteiger charge is -2.29. The summed E-state index contributed by atoms with van der Waals surface area (Å²) >= 11 is 2.21. The highest BCUT2D eigenvalue weighted by molar-refractivity contribution is 14.1. The molecule has 59 heavy (non-hydrogen) atoms. The molecule has 16 heteroatoms. The van der Waals surface area contributed by atoms with Gasteiger partial charge >= 0.3 is 24.1 Å². The highest BCUT2D eigenvalue weighted by Crippen LogP contribution is 2.29. The predicted octanol–water partition coefficient (Wildman–Crippen LogP) is 6.03. The molecular weight excluding hydrogens is 873 g/mol. The maximum atomic E-state index is 13.5. The Hall–Kier alpha value is -3.96. The van der Waals surface area contributed by atoms with Crippen molar-refractivity contribution in [2.24, 2.45) is 11.8 Å². The molecule has 15 nitrogen and oxygen atoms in total. The van der Waals surface area contributed by atoms with Gasteiger partial charge in [0.05, 0.1) is 6.04 Å². The molecule has 2 rings (SSSR count). The van der Waals surface area contributed by atoms with Gasteiger partial charge in [0.25, 0.3) is 0 Å². The van der Waals surface area contributed by atoms with Crippen LogP contribution in [0.2, 0.25) is 0 Å². The number of carbonyl (C=O) groups excluding carboxylic acids is 7. The van der Waals surface area contributed by atoms with Crippen LogP contribution in [0.5, 0.6) is 0 Å². The number of halogens is 1. The molecule has 1 aromatic rings. The summed E-state index contributed by atoms with van der Waals surface area (Å²) in [7, 11) is 0. The quantitative estimate of drug-likeness (QED) is 0.0472. The van der Waals surface area contributed by atoms with Crippen LogP contribution in [0.4, 0.5) is 9.59 Å². The van der Waals surface area contributed by atoms with Gasteiger partial charge in [0.1, 0.15) is 28.9 Å². The molecule has 5 N–H and O–H groups in total. The molecule has 332 valence electrons. The summed E-state index contributed by atoms with van der Waals surface area (Å²) in [4.78, 5) is 89.9. The molecule has 0 aliphatic heterocycles. The van der Waals surface area contributed by atoms with Crippen LogP contribution in [-0.4, -0.2) is 89.7 Å². The Kier molecular flexibility index (Phi) is 20.6. The number of unbranched alkanes of at least 4 members (excludes halogenated alkanes) is 1. The fourth-order valence-electron chi connectivity index (χ4n) is 6.35. The standard InChI is InChI=1S/C43H68IN5O10/c1-27(50)32(48-39(55)49-33(38(54)58-42(5,6)7)22-23-35(51)57-41(2,3)4)13-11-12-24-45-37(53)34(25-28-16-20-31(44)21-17-28)47-36(52)30-18-14-29(15-19-30)26-46-40(56)59-43(8,9)10/h16-17,20-21,29-30,32-34H,11-15,18-19,22-26H2,1-10H3,(H,45,53)(H,46,56)(H,47,52)(H2,48,49,55)/t29?,30?,32-,33-,34-/m0/s1. The van der Waals surface area contributed by atoms with E-state index >= 15 is 0 Å². The molecule has 0 saturated heterocycles. The minimum atomic E-state index is -1.17. The van der Waals surface area contributed by atoms with E-state index < -0.39 is 59.0 Å². The van der Waals surface area contributed by atoms with Crippen molar-refractivity contribution in [1.29, 1.82) is 0 Å². The molecule has 0 radical (unpaired) electrons. The average molecular weight is 942 g/mol. The number of ketones is 1. The van der Waals surface area contributed by atoms with E-state index in [1.54, 1.807) is 41.5 Å². The van der Waals surface area contributed by atoms with Crippen molar-refractivity contribution in [2.45, 2.75) is 168 Å². The Bertz CT molecular complexity index is 1570. The van der Waals surface area contributed by atoms with E-state index in [1.807, 2.05) is 45.0 Å². The number of hydrogen-bond acceptors (Lipinski definition) is 10. The van der Waals surface area contributed by atoms with Gasteiger partial charge in [-0.15, -0.1) is 0 Å². The molecule has 1 saturated carbocycles.